The Morgan fingerprint density at radius 3 is 2.77 bits per heavy atom. The summed E-state index contributed by atoms with van der Waals surface area (Å²) < 4.78 is 0. The standard InChI is InChI=1S/C17H23N3O2/c1-13(21)19-11-6-9-17(2)15(19)8-5-12-20(17)16(22)14-7-3-4-10-18-14/h3-4,7,10,15H,5-6,8-9,11-12H2,1-2H3/t15-,17-/m0/s1. The maximum atomic E-state index is 12.9. The van der Waals surface area contributed by atoms with Gasteiger partial charge in [0.05, 0.1) is 11.6 Å². The number of carbonyl (C=O) groups is 2. The fourth-order valence-electron chi connectivity index (χ4n) is 4.08. The second kappa shape index (κ2) is 5.71. The monoisotopic (exact) mass is 301 g/mol. The molecule has 0 radical (unpaired) electrons. The van der Waals surface area contributed by atoms with Crippen molar-refractivity contribution in [3.05, 3.63) is 30.1 Å². The molecule has 2 aliphatic rings. The van der Waals surface area contributed by atoms with E-state index in [2.05, 4.69) is 11.9 Å². The van der Waals surface area contributed by atoms with E-state index in [1.54, 1.807) is 19.2 Å². The van der Waals surface area contributed by atoms with Crippen LogP contribution in [-0.2, 0) is 4.79 Å². The number of hydrogen-bond acceptors (Lipinski definition) is 3. The zero-order valence-electron chi connectivity index (χ0n) is 13.3. The van der Waals surface area contributed by atoms with Gasteiger partial charge in [0.2, 0.25) is 5.91 Å². The van der Waals surface area contributed by atoms with Crippen LogP contribution in [0.3, 0.4) is 0 Å². The minimum atomic E-state index is -0.281. The van der Waals surface area contributed by atoms with Crippen LogP contribution in [0.2, 0.25) is 0 Å². The van der Waals surface area contributed by atoms with Crippen LogP contribution < -0.4 is 0 Å². The van der Waals surface area contributed by atoms with Crippen LogP contribution in [-0.4, -0.2) is 51.3 Å². The number of carbonyl (C=O) groups excluding carboxylic acids is 2. The summed E-state index contributed by atoms with van der Waals surface area (Å²) in [5, 5.41) is 0. The lowest BCUT2D eigenvalue weighted by molar-refractivity contribution is -0.140. The van der Waals surface area contributed by atoms with E-state index in [-0.39, 0.29) is 23.4 Å². The number of nitrogens with zero attached hydrogens (tertiary/aromatic N) is 3. The quantitative estimate of drug-likeness (QED) is 0.798. The lowest BCUT2D eigenvalue weighted by Gasteiger charge is -2.56. The lowest BCUT2D eigenvalue weighted by atomic mass is 9.76. The SMILES string of the molecule is CC(=O)N1CCC[C@@]2(C)[C@@H]1CCCN2C(=O)c1ccccn1. The molecule has 0 aliphatic carbocycles. The molecule has 5 heteroatoms. The summed E-state index contributed by atoms with van der Waals surface area (Å²) in [6.45, 7) is 5.31. The van der Waals surface area contributed by atoms with E-state index in [0.717, 1.165) is 38.8 Å². The van der Waals surface area contributed by atoms with Gasteiger partial charge in [-0.25, -0.2) is 0 Å². The maximum Gasteiger partial charge on any atom is 0.272 e. The van der Waals surface area contributed by atoms with E-state index < -0.39 is 0 Å². The van der Waals surface area contributed by atoms with Crippen molar-refractivity contribution in [1.82, 2.24) is 14.8 Å². The van der Waals surface area contributed by atoms with E-state index in [9.17, 15) is 9.59 Å². The van der Waals surface area contributed by atoms with Crippen LogP contribution in [0, 0.1) is 0 Å². The van der Waals surface area contributed by atoms with E-state index in [0.29, 0.717) is 5.69 Å². The second-order valence-electron chi connectivity index (χ2n) is 6.50. The molecule has 0 N–H and O–H groups in total. The molecular weight excluding hydrogens is 278 g/mol. The smallest absolute Gasteiger partial charge is 0.272 e. The molecule has 2 aliphatic heterocycles. The van der Waals surface area contributed by atoms with Gasteiger partial charge >= 0.3 is 0 Å². The molecule has 2 atom stereocenters. The molecule has 0 saturated carbocycles. The van der Waals surface area contributed by atoms with Gasteiger partial charge in [-0.3, -0.25) is 14.6 Å². The molecule has 1 aromatic rings. The van der Waals surface area contributed by atoms with Crippen molar-refractivity contribution in [2.75, 3.05) is 13.1 Å². The first kappa shape index (κ1) is 15.0. The molecule has 118 valence electrons. The predicted octanol–water partition coefficient (Wildman–Crippen LogP) is 2.09. The summed E-state index contributed by atoms with van der Waals surface area (Å²) in [5.74, 6) is 0.0984. The minimum absolute atomic E-state index is 0.0156. The molecule has 3 heterocycles. The summed E-state index contributed by atoms with van der Waals surface area (Å²) in [5.41, 5.74) is 0.209. The molecule has 2 amide bonds. The van der Waals surface area contributed by atoms with Crippen molar-refractivity contribution in [1.29, 1.82) is 0 Å². The van der Waals surface area contributed by atoms with Crippen LogP contribution in [0.1, 0.15) is 50.0 Å². The topological polar surface area (TPSA) is 53.5 Å². The van der Waals surface area contributed by atoms with Crippen LogP contribution in [0.5, 0.6) is 0 Å². The van der Waals surface area contributed by atoms with Crippen molar-refractivity contribution in [2.45, 2.75) is 51.1 Å². The molecule has 5 nitrogen and oxygen atoms in total. The van der Waals surface area contributed by atoms with Gasteiger partial charge in [0.1, 0.15) is 5.69 Å². The number of piperidine rings is 2. The van der Waals surface area contributed by atoms with Crippen LogP contribution in [0.25, 0.3) is 0 Å². The normalized spacial score (nSPS) is 28.2. The summed E-state index contributed by atoms with van der Waals surface area (Å²) in [7, 11) is 0. The third kappa shape index (κ3) is 2.38. The van der Waals surface area contributed by atoms with Crippen molar-refractivity contribution in [2.24, 2.45) is 0 Å². The van der Waals surface area contributed by atoms with E-state index in [1.807, 2.05) is 21.9 Å². The number of aromatic nitrogens is 1. The summed E-state index contributed by atoms with van der Waals surface area (Å²) in [4.78, 5) is 33.0. The minimum Gasteiger partial charge on any atom is -0.338 e. The highest BCUT2D eigenvalue weighted by Gasteiger charge is 2.49. The fraction of sp³-hybridized carbons (Fsp3) is 0.588. The summed E-state index contributed by atoms with van der Waals surface area (Å²) >= 11 is 0. The third-order valence-corrected chi connectivity index (χ3v) is 5.19. The van der Waals surface area contributed by atoms with Crippen LogP contribution in [0.15, 0.2) is 24.4 Å². The average Bonchev–Trinajstić information content (AvgIpc) is 2.53. The van der Waals surface area contributed by atoms with Gasteiger partial charge in [0.15, 0.2) is 0 Å². The Bertz CT molecular complexity index is 575. The summed E-state index contributed by atoms with van der Waals surface area (Å²) in [6.07, 6.45) is 5.45. The van der Waals surface area contributed by atoms with Crippen LogP contribution in [0.4, 0.5) is 0 Å². The molecule has 22 heavy (non-hydrogen) atoms. The van der Waals surface area contributed by atoms with E-state index >= 15 is 0 Å². The Morgan fingerprint density at radius 1 is 1.27 bits per heavy atom. The maximum absolute atomic E-state index is 12.9. The molecule has 1 aromatic heterocycles. The number of pyridine rings is 1. The Balaban J connectivity index is 1.92. The number of amides is 2. The Labute approximate surface area is 131 Å². The fourth-order valence-corrected chi connectivity index (χ4v) is 4.08. The molecule has 2 saturated heterocycles. The Kier molecular flexibility index (Phi) is 3.89. The zero-order chi connectivity index (χ0) is 15.7. The molecule has 3 rings (SSSR count). The molecular formula is C17H23N3O2. The third-order valence-electron chi connectivity index (χ3n) is 5.19. The number of rotatable bonds is 1. The van der Waals surface area contributed by atoms with Gasteiger partial charge in [-0.15, -0.1) is 0 Å². The molecule has 0 aromatic carbocycles. The second-order valence-corrected chi connectivity index (χ2v) is 6.50. The van der Waals surface area contributed by atoms with Crippen molar-refractivity contribution in [3.63, 3.8) is 0 Å². The average molecular weight is 301 g/mol. The first-order chi connectivity index (χ1) is 10.5. The predicted molar refractivity (Wildman–Crippen MR) is 83.3 cm³/mol. The first-order valence-corrected chi connectivity index (χ1v) is 8.04. The van der Waals surface area contributed by atoms with Gasteiger partial charge < -0.3 is 9.80 Å². The van der Waals surface area contributed by atoms with Gasteiger partial charge in [-0.05, 0) is 44.7 Å². The number of fused-ring (bicyclic) bond motifs is 1. The largest absolute Gasteiger partial charge is 0.338 e. The number of likely N-dealkylation sites (tertiary alicyclic amines) is 2. The Morgan fingerprint density at radius 2 is 2.09 bits per heavy atom. The van der Waals surface area contributed by atoms with Gasteiger partial charge in [0.25, 0.3) is 5.91 Å². The first-order valence-electron chi connectivity index (χ1n) is 8.04. The van der Waals surface area contributed by atoms with Gasteiger partial charge in [0, 0.05) is 26.2 Å². The molecule has 2 fully saturated rings. The van der Waals surface area contributed by atoms with Crippen LogP contribution >= 0.6 is 0 Å². The zero-order valence-corrected chi connectivity index (χ0v) is 13.3. The lowest BCUT2D eigenvalue weighted by Crippen LogP contribution is -2.68. The highest BCUT2D eigenvalue weighted by molar-refractivity contribution is 5.93. The van der Waals surface area contributed by atoms with Crippen molar-refractivity contribution in [3.8, 4) is 0 Å². The highest BCUT2D eigenvalue weighted by Crippen LogP contribution is 2.39. The van der Waals surface area contributed by atoms with Gasteiger partial charge in [-0.2, -0.15) is 0 Å². The molecule has 0 bridgehead atoms. The van der Waals surface area contributed by atoms with Crippen molar-refractivity contribution >= 4 is 11.8 Å². The Hall–Kier alpha value is -1.91. The number of hydrogen-bond donors (Lipinski definition) is 0. The summed E-state index contributed by atoms with van der Waals surface area (Å²) in [6, 6.07) is 5.55. The van der Waals surface area contributed by atoms with Gasteiger partial charge in [-0.1, -0.05) is 6.07 Å². The van der Waals surface area contributed by atoms with E-state index in [1.165, 1.54) is 0 Å². The highest BCUT2D eigenvalue weighted by atomic mass is 16.2. The molecule has 0 unspecified atom stereocenters. The molecule has 0 spiro atoms. The van der Waals surface area contributed by atoms with E-state index in [4.69, 9.17) is 0 Å². The van der Waals surface area contributed by atoms with Crippen molar-refractivity contribution < 1.29 is 9.59 Å².